The fourth-order valence-corrected chi connectivity index (χ4v) is 8.34. The molecule has 0 N–H and O–H groups in total. The van der Waals surface area contributed by atoms with Crippen molar-refractivity contribution in [1.29, 1.82) is 5.26 Å². The normalized spacial score (nSPS) is 13.7. The van der Waals surface area contributed by atoms with Gasteiger partial charge in [-0.05, 0) is 103 Å². The van der Waals surface area contributed by atoms with E-state index in [4.69, 9.17) is 5.26 Å². The second kappa shape index (κ2) is 17.9. The van der Waals surface area contributed by atoms with Crippen molar-refractivity contribution in [2.45, 2.75) is 111 Å². The number of halogens is 7. The highest BCUT2D eigenvalue weighted by Gasteiger charge is 2.48. The molecule has 0 saturated heterocycles. The minimum Gasteiger partial charge on any atom is -0.340 e. The van der Waals surface area contributed by atoms with Crippen molar-refractivity contribution in [3.05, 3.63) is 152 Å². The first kappa shape index (κ1) is 45.2. The molecule has 1 aliphatic heterocycles. The number of fused-ring (bicyclic) bond motifs is 2. The maximum atomic E-state index is 16.5. The zero-order chi connectivity index (χ0) is 42.7. The number of nitrogens with zero attached hydrogens (tertiary/aromatic N) is 3. The van der Waals surface area contributed by atoms with E-state index in [2.05, 4.69) is 65.1 Å². The van der Waals surface area contributed by atoms with Gasteiger partial charge < -0.3 is 4.90 Å². The lowest BCUT2D eigenvalue weighted by Crippen LogP contribution is -2.34. The number of hydrogen-bond donors (Lipinski definition) is 0. The largest absolute Gasteiger partial charge is 0.340 e. The van der Waals surface area contributed by atoms with Crippen molar-refractivity contribution in [2.24, 2.45) is 0 Å². The van der Waals surface area contributed by atoms with Gasteiger partial charge in [-0.1, -0.05) is 90.1 Å². The average Bonchev–Trinajstić information content (AvgIpc) is 3.15. The summed E-state index contributed by atoms with van der Waals surface area (Å²) in [7, 11) is 0. The van der Waals surface area contributed by atoms with Crippen LogP contribution in [0.2, 0.25) is 0 Å². The Morgan fingerprint density at radius 2 is 1.49 bits per heavy atom. The van der Waals surface area contributed by atoms with Crippen molar-refractivity contribution in [3.63, 3.8) is 0 Å². The second-order valence-electron chi connectivity index (χ2n) is 15.5. The summed E-state index contributed by atoms with van der Waals surface area (Å²) in [6.45, 7) is 23.7. The minimum absolute atomic E-state index is 0.0666. The number of allylic oxidation sites excluding steroid dienone is 1. The van der Waals surface area contributed by atoms with E-state index in [1.54, 1.807) is 6.07 Å². The summed E-state index contributed by atoms with van der Waals surface area (Å²) in [6, 6.07) is 14.2. The minimum atomic E-state index is -4.40. The predicted molar refractivity (Wildman–Crippen MR) is 217 cm³/mol. The first-order chi connectivity index (χ1) is 26.6. The monoisotopic (exact) mass is 809 g/mol. The van der Waals surface area contributed by atoms with Crippen LogP contribution in [0.4, 0.5) is 36.4 Å². The van der Waals surface area contributed by atoms with Gasteiger partial charge in [0.15, 0.2) is 23.3 Å². The molecule has 0 aromatic heterocycles. The summed E-state index contributed by atoms with van der Waals surface area (Å²) in [4.78, 5) is 1.49. The smallest absolute Gasteiger partial charge is 0.303 e. The number of nitriles is 1. The van der Waals surface area contributed by atoms with Gasteiger partial charge in [-0.25, -0.2) is 26.3 Å². The molecule has 0 atom stereocenters. The van der Waals surface area contributed by atoms with Gasteiger partial charge in [-0.2, -0.15) is 14.0 Å². The van der Waals surface area contributed by atoms with Gasteiger partial charge in [-0.15, -0.1) is 0 Å². The third kappa shape index (κ3) is 9.29. The first-order valence-corrected chi connectivity index (χ1v) is 19.6. The molecule has 304 valence electrons. The Labute approximate surface area is 337 Å². The lowest BCUT2D eigenvalue weighted by Gasteiger charge is -2.36. The van der Waals surface area contributed by atoms with E-state index in [0.717, 1.165) is 40.8 Å². The molecule has 11 heteroatoms. The Morgan fingerprint density at radius 1 is 0.877 bits per heavy atom. The fraction of sp³-hybridized carbons (Fsp3) is 0.370. The van der Waals surface area contributed by atoms with Crippen LogP contribution in [0.15, 0.2) is 66.2 Å². The molecule has 1 aliphatic rings. The maximum Gasteiger partial charge on any atom is 0.303 e. The van der Waals surface area contributed by atoms with Crippen LogP contribution in [0, 0.1) is 68.1 Å². The molecule has 0 fully saturated rings. The van der Waals surface area contributed by atoms with Gasteiger partial charge in [0.1, 0.15) is 5.82 Å². The van der Waals surface area contributed by atoms with E-state index in [1.807, 2.05) is 30.9 Å². The van der Waals surface area contributed by atoms with Crippen LogP contribution in [0.1, 0.15) is 102 Å². The number of rotatable bonds is 9. The molecular formula is C46H50F7N3S. The van der Waals surface area contributed by atoms with E-state index in [0.29, 0.717) is 30.6 Å². The van der Waals surface area contributed by atoms with Crippen molar-refractivity contribution in [3.8, 4) is 6.07 Å². The summed E-state index contributed by atoms with van der Waals surface area (Å²) in [5, 5.41) is 7.51. The number of benzene rings is 4. The van der Waals surface area contributed by atoms with Crippen LogP contribution in [-0.2, 0) is 37.3 Å². The average molecular weight is 810 g/mol. The van der Waals surface area contributed by atoms with Crippen molar-refractivity contribution < 1.29 is 30.7 Å². The predicted octanol–water partition coefficient (Wildman–Crippen LogP) is 13.3. The summed E-state index contributed by atoms with van der Waals surface area (Å²) < 4.78 is 111. The number of aryl methyl sites for hydroxylation is 3. The third-order valence-corrected chi connectivity index (χ3v) is 11.4. The fourth-order valence-electron chi connectivity index (χ4n) is 7.07. The zero-order valence-electron chi connectivity index (χ0n) is 34.1. The molecule has 5 rings (SSSR count). The summed E-state index contributed by atoms with van der Waals surface area (Å²) in [5.74, 6) is -14.0. The maximum absolute atomic E-state index is 16.5. The molecule has 3 nitrogen and oxygen atoms in total. The molecule has 0 unspecified atom stereocenters. The topological polar surface area (TPSA) is 30.3 Å². The van der Waals surface area contributed by atoms with Crippen LogP contribution in [-0.4, -0.2) is 10.8 Å². The molecular weight excluding hydrogens is 760 g/mol. The Bertz CT molecular complexity index is 2160. The summed E-state index contributed by atoms with van der Waals surface area (Å²) in [6.07, 6.45) is 3.68. The van der Waals surface area contributed by atoms with E-state index in [-0.39, 0.29) is 28.7 Å². The second-order valence-corrected chi connectivity index (χ2v) is 16.6. The number of alkyl halides is 2. The molecule has 0 aliphatic carbocycles. The van der Waals surface area contributed by atoms with Crippen molar-refractivity contribution in [2.75, 3.05) is 11.4 Å². The van der Waals surface area contributed by atoms with Gasteiger partial charge in [0.05, 0.1) is 16.5 Å². The van der Waals surface area contributed by atoms with Gasteiger partial charge in [-0.3, -0.25) is 0 Å². The molecule has 4 aromatic carbocycles. The Balaban J connectivity index is 0.00000172. The van der Waals surface area contributed by atoms with Crippen molar-refractivity contribution in [1.82, 2.24) is 4.31 Å². The third-order valence-electron chi connectivity index (χ3n) is 10.3. The molecule has 1 heterocycles. The zero-order valence-corrected chi connectivity index (χ0v) is 34.9. The standard InChI is InChI=1S/C43H47F7N2S.C3H3N/c1-11-13-28-17-29(19-31(18-28)42(8,9)10)21-52(33-15-14-23(3)16-30(33)12-2)24(4)20-51-22-32-35(38(46)40(48)39(47)37(32)45)43(49,50)34-26(6)25(5)27(7)36(44)41(34)53-51;1-2-3-4/h14-19H,4,11-13,20-22H2,1-3,5-10H3;2H,1H2. The molecule has 0 bridgehead atoms. The molecule has 0 amide bonds. The Kier molecular flexibility index (Phi) is 14.2. The molecule has 0 saturated carbocycles. The van der Waals surface area contributed by atoms with E-state index in [9.17, 15) is 8.78 Å². The highest BCUT2D eigenvalue weighted by atomic mass is 32.2. The lowest BCUT2D eigenvalue weighted by molar-refractivity contribution is 0.0308. The number of anilines is 1. The van der Waals surface area contributed by atoms with Crippen LogP contribution in [0.5, 0.6) is 0 Å². The van der Waals surface area contributed by atoms with Gasteiger partial charge in [0.25, 0.3) is 0 Å². The Morgan fingerprint density at radius 3 is 2.07 bits per heavy atom. The molecule has 0 spiro atoms. The molecule has 4 aromatic rings. The van der Waals surface area contributed by atoms with Crippen LogP contribution < -0.4 is 4.90 Å². The van der Waals surface area contributed by atoms with E-state index < -0.39 is 63.1 Å². The first-order valence-electron chi connectivity index (χ1n) is 18.8. The van der Waals surface area contributed by atoms with Gasteiger partial charge >= 0.3 is 5.92 Å². The van der Waals surface area contributed by atoms with E-state index in [1.165, 1.54) is 36.7 Å². The van der Waals surface area contributed by atoms with Gasteiger partial charge in [0, 0.05) is 48.2 Å². The Hall–Kier alpha value is -4.53. The van der Waals surface area contributed by atoms with Crippen LogP contribution >= 0.6 is 11.9 Å². The highest BCUT2D eigenvalue weighted by molar-refractivity contribution is 7.97. The SMILES string of the molecule is C=C(CN1Cc2c(F)c(F)c(F)c(F)c2C(F)(F)c2c(C)c(C)c(C)c(F)c2S1)N(Cc1cc(CCC)cc(C(C)(C)C)c1)c1ccc(C)cc1CC.C=CC#N. The molecule has 0 radical (unpaired) electrons. The van der Waals surface area contributed by atoms with E-state index >= 15 is 22.0 Å². The highest BCUT2D eigenvalue weighted by Crippen LogP contribution is 2.51. The van der Waals surface area contributed by atoms with Crippen LogP contribution in [0.25, 0.3) is 0 Å². The molecule has 57 heavy (non-hydrogen) atoms. The summed E-state index contributed by atoms with van der Waals surface area (Å²) >= 11 is 0.605. The summed E-state index contributed by atoms with van der Waals surface area (Å²) in [5.41, 5.74) is 3.13. The number of hydrogen-bond acceptors (Lipinski definition) is 4. The van der Waals surface area contributed by atoms with Crippen molar-refractivity contribution >= 4 is 17.6 Å². The quantitative estimate of drug-likeness (QED) is 0.0554. The van der Waals surface area contributed by atoms with Gasteiger partial charge in [0.2, 0.25) is 0 Å². The lowest BCUT2D eigenvalue weighted by atomic mass is 9.84. The van der Waals surface area contributed by atoms with Crippen LogP contribution in [0.3, 0.4) is 0 Å².